The van der Waals surface area contributed by atoms with E-state index < -0.39 is 0 Å². The van der Waals surface area contributed by atoms with Gasteiger partial charge >= 0.3 is 0 Å². The van der Waals surface area contributed by atoms with Crippen molar-refractivity contribution in [3.05, 3.63) is 77.8 Å². The number of nitriles is 1. The molecule has 0 radical (unpaired) electrons. The predicted octanol–water partition coefficient (Wildman–Crippen LogP) is 5.01. The molecular weight excluding hydrogens is 364 g/mol. The molecule has 0 fully saturated rings. The number of hydrogen-bond donors (Lipinski definition) is 0. The summed E-state index contributed by atoms with van der Waals surface area (Å²) in [5.41, 5.74) is 2.05. The first-order valence-corrected chi connectivity index (χ1v) is 9.37. The number of hydrogen-bond acceptors (Lipinski definition) is 4. The minimum Gasteiger partial charge on any atom is -0.298 e. The van der Waals surface area contributed by atoms with Crippen molar-refractivity contribution in [3.63, 3.8) is 0 Å². The largest absolute Gasteiger partial charge is 0.298 e. The second-order valence-electron chi connectivity index (χ2n) is 5.64. The maximum atomic E-state index is 9.56. The molecule has 0 amide bonds. The average molecular weight is 381 g/mol. The topological polar surface area (TPSA) is 54.5 Å². The standard InChI is InChI=1S/C20H17ClN4S/c1-2-12-25-19(16-8-10-17(21)11-9-16)23-24-20(25)26-18(14-22)13-15-6-4-3-5-7-15/h2-11,18H,1,12-13H2/t18-/m1/s1. The molecule has 0 saturated heterocycles. The van der Waals surface area contributed by atoms with Crippen LogP contribution in [0.25, 0.3) is 11.4 Å². The predicted molar refractivity (Wildman–Crippen MR) is 106 cm³/mol. The Hall–Kier alpha value is -2.55. The quantitative estimate of drug-likeness (QED) is 0.427. The van der Waals surface area contributed by atoms with E-state index in [1.165, 1.54) is 11.8 Å². The Kier molecular flexibility index (Phi) is 6.11. The molecule has 6 heteroatoms. The Morgan fingerprint density at radius 1 is 1.15 bits per heavy atom. The van der Waals surface area contributed by atoms with Gasteiger partial charge in [0.25, 0.3) is 0 Å². The van der Waals surface area contributed by atoms with E-state index in [-0.39, 0.29) is 5.25 Å². The van der Waals surface area contributed by atoms with E-state index in [0.29, 0.717) is 23.1 Å². The van der Waals surface area contributed by atoms with Gasteiger partial charge in [-0.05, 0) is 36.2 Å². The summed E-state index contributed by atoms with van der Waals surface area (Å²) in [6.45, 7) is 4.39. The molecule has 0 bridgehead atoms. The fourth-order valence-corrected chi connectivity index (χ4v) is 3.64. The van der Waals surface area contributed by atoms with E-state index in [1.807, 2.05) is 59.2 Å². The van der Waals surface area contributed by atoms with E-state index in [9.17, 15) is 5.26 Å². The molecule has 1 atom stereocenters. The molecule has 1 aromatic heterocycles. The van der Waals surface area contributed by atoms with Crippen LogP contribution in [-0.2, 0) is 13.0 Å². The van der Waals surface area contributed by atoms with E-state index in [0.717, 1.165) is 17.0 Å². The van der Waals surface area contributed by atoms with Gasteiger partial charge in [0.15, 0.2) is 11.0 Å². The Morgan fingerprint density at radius 2 is 1.88 bits per heavy atom. The van der Waals surface area contributed by atoms with Crippen molar-refractivity contribution in [3.8, 4) is 17.5 Å². The molecule has 0 aliphatic heterocycles. The van der Waals surface area contributed by atoms with Gasteiger partial charge in [-0.25, -0.2) is 0 Å². The third-order valence-electron chi connectivity index (χ3n) is 3.79. The summed E-state index contributed by atoms with van der Waals surface area (Å²) in [4.78, 5) is 0. The van der Waals surface area contributed by atoms with Gasteiger partial charge < -0.3 is 0 Å². The number of allylic oxidation sites excluding steroid dienone is 1. The van der Waals surface area contributed by atoms with Crippen molar-refractivity contribution in [1.29, 1.82) is 5.26 Å². The van der Waals surface area contributed by atoms with Crippen LogP contribution in [0.3, 0.4) is 0 Å². The summed E-state index contributed by atoms with van der Waals surface area (Å²) in [5.74, 6) is 0.737. The summed E-state index contributed by atoms with van der Waals surface area (Å²) in [7, 11) is 0. The highest BCUT2D eigenvalue weighted by Crippen LogP contribution is 2.29. The van der Waals surface area contributed by atoms with Gasteiger partial charge in [0.05, 0.1) is 6.07 Å². The maximum Gasteiger partial charge on any atom is 0.193 e. The number of benzene rings is 2. The van der Waals surface area contributed by atoms with Gasteiger partial charge in [-0.3, -0.25) is 4.57 Å². The van der Waals surface area contributed by atoms with Crippen LogP contribution in [-0.4, -0.2) is 20.0 Å². The summed E-state index contributed by atoms with van der Waals surface area (Å²) >= 11 is 7.39. The third kappa shape index (κ3) is 4.34. The monoisotopic (exact) mass is 380 g/mol. The van der Waals surface area contributed by atoms with E-state index in [1.54, 1.807) is 6.08 Å². The Morgan fingerprint density at radius 3 is 2.54 bits per heavy atom. The van der Waals surface area contributed by atoms with Gasteiger partial charge in [0.2, 0.25) is 0 Å². The normalized spacial score (nSPS) is 11.7. The van der Waals surface area contributed by atoms with Crippen LogP contribution in [0.1, 0.15) is 5.56 Å². The van der Waals surface area contributed by atoms with Crippen LogP contribution < -0.4 is 0 Å². The zero-order valence-electron chi connectivity index (χ0n) is 14.0. The van der Waals surface area contributed by atoms with Gasteiger partial charge in [-0.2, -0.15) is 5.26 Å². The lowest BCUT2D eigenvalue weighted by Crippen LogP contribution is -2.07. The third-order valence-corrected chi connectivity index (χ3v) is 5.11. The van der Waals surface area contributed by atoms with Crippen LogP contribution >= 0.6 is 23.4 Å². The molecule has 0 unspecified atom stereocenters. The molecule has 0 N–H and O–H groups in total. The second-order valence-corrected chi connectivity index (χ2v) is 7.24. The molecule has 0 spiro atoms. The first-order valence-electron chi connectivity index (χ1n) is 8.11. The highest BCUT2D eigenvalue weighted by atomic mass is 35.5. The molecule has 1 heterocycles. The van der Waals surface area contributed by atoms with Crippen molar-refractivity contribution in [2.24, 2.45) is 0 Å². The number of halogens is 1. The van der Waals surface area contributed by atoms with Crippen molar-refractivity contribution in [2.45, 2.75) is 23.4 Å². The zero-order valence-corrected chi connectivity index (χ0v) is 15.6. The molecule has 3 rings (SSSR count). The van der Waals surface area contributed by atoms with Crippen LogP contribution in [0.15, 0.2) is 72.4 Å². The molecule has 26 heavy (non-hydrogen) atoms. The van der Waals surface area contributed by atoms with Crippen LogP contribution in [0.4, 0.5) is 0 Å². The lowest BCUT2D eigenvalue weighted by Gasteiger charge is -2.11. The first-order chi connectivity index (χ1) is 12.7. The summed E-state index contributed by atoms with van der Waals surface area (Å²) in [5, 5.41) is 19.3. The van der Waals surface area contributed by atoms with Crippen molar-refractivity contribution < 1.29 is 0 Å². The summed E-state index contributed by atoms with van der Waals surface area (Å²) < 4.78 is 1.97. The van der Waals surface area contributed by atoms with Gasteiger partial charge in [-0.15, -0.1) is 16.8 Å². The Bertz CT molecular complexity index is 913. The number of thioether (sulfide) groups is 1. The smallest absolute Gasteiger partial charge is 0.193 e. The number of rotatable bonds is 7. The Balaban J connectivity index is 1.86. The molecule has 0 aliphatic carbocycles. The molecule has 130 valence electrons. The second kappa shape index (κ2) is 8.70. The van der Waals surface area contributed by atoms with Crippen molar-refractivity contribution >= 4 is 23.4 Å². The lowest BCUT2D eigenvalue weighted by molar-refractivity contribution is 0.729. The number of aromatic nitrogens is 3. The van der Waals surface area contributed by atoms with Gasteiger partial charge in [0.1, 0.15) is 5.25 Å². The van der Waals surface area contributed by atoms with E-state index >= 15 is 0 Å². The molecule has 0 aliphatic rings. The van der Waals surface area contributed by atoms with E-state index in [2.05, 4.69) is 22.8 Å². The first kappa shape index (κ1) is 18.2. The van der Waals surface area contributed by atoms with Crippen molar-refractivity contribution in [1.82, 2.24) is 14.8 Å². The lowest BCUT2D eigenvalue weighted by atomic mass is 10.1. The van der Waals surface area contributed by atoms with Crippen LogP contribution in [0.5, 0.6) is 0 Å². The SMILES string of the molecule is C=CCn1c(S[C@@H](C#N)Cc2ccccc2)nnc1-c1ccc(Cl)cc1. The number of nitrogens with zero attached hydrogens (tertiary/aromatic N) is 4. The summed E-state index contributed by atoms with van der Waals surface area (Å²) in [6, 6.07) is 19.8. The van der Waals surface area contributed by atoms with E-state index in [4.69, 9.17) is 11.6 Å². The highest BCUT2D eigenvalue weighted by Gasteiger charge is 2.18. The molecule has 4 nitrogen and oxygen atoms in total. The molecule has 3 aromatic rings. The van der Waals surface area contributed by atoms with Gasteiger partial charge in [0, 0.05) is 17.1 Å². The van der Waals surface area contributed by atoms with Crippen LogP contribution in [0, 0.1) is 11.3 Å². The zero-order chi connectivity index (χ0) is 18.4. The highest BCUT2D eigenvalue weighted by molar-refractivity contribution is 8.00. The fourth-order valence-electron chi connectivity index (χ4n) is 2.55. The molecule has 2 aromatic carbocycles. The minimum absolute atomic E-state index is 0.247. The average Bonchev–Trinajstić information content (AvgIpc) is 3.05. The van der Waals surface area contributed by atoms with Crippen LogP contribution in [0.2, 0.25) is 5.02 Å². The van der Waals surface area contributed by atoms with Crippen molar-refractivity contribution in [2.75, 3.05) is 0 Å². The minimum atomic E-state index is -0.247. The molecule has 0 saturated carbocycles. The fraction of sp³-hybridized carbons (Fsp3) is 0.150. The van der Waals surface area contributed by atoms with Gasteiger partial charge in [-0.1, -0.05) is 59.8 Å². The maximum absolute atomic E-state index is 9.56. The Labute approximate surface area is 162 Å². The molecular formula is C20H17ClN4S. The summed E-state index contributed by atoms with van der Waals surface area (Å²) in [6.07, 6.45) is 2.45.